The van der Waals surface area contributed by atoms with E-state index < -0.39 is 0 Å². The zero-order valence-corrected chi connectivity index (χ0v) is 12.8. The molecular formula is C17H23N3. The van der Waals surface area contributed by atoms with Gasteiger partial charge in [-0.2, -0.15) is 0 Å². The summed E-state index contributed by atoms with van der Waals surface area (Å²) in [5, 5.41) is 3.36. The molecule has 1 aromatic carbocycles. The number of anilines is 1. The van der Waals surface area contributed by atoms with Gasteiger partial charge >= 0.3 is 0 Å². The van der Waals surface area contributed by atoms with Gasteiger partial charge in [0.25, 0.3) is 0 Å². The fourth-order valence-electron chi connectivity index (χ4n) is 2.45. The molecule has 0 radical (unpaired) electrons. The summed E-state index contributed by atoms with van der Waals surface area (Å²) in [5.74, 6) is 1.89. The van der Waals surface area contributed by atoms with Crippen LogP contribution in [-0.2, 0) is 12.8 Å². The van der Waals surface area contributed by atoms with Gasteiger partial charge in [-0.1, -0.05) is 31.2 Å². The van der Waals surface area contributed by atoms with Gasteiger partial charge < -0.3 is 5.32 Å². The third kappa shape index (κ3) is 3.16. The highest BCUT2D eigenvalue weighted by atomic mass is 15.0. The van der Waals surface area contributed by atoms with Gasteiger partial charge in [-0.3, -0.25) is 0 Å². The van der Waals surface area contributed by atoms with Crippen LogP contribution < -0.4 is 5.32 Å². The fraction of sp³-hybridized carbons (Fsp3) is 0.412. The summed E-state index contributed by atoms with van der Waals surface area (Å²) < 4.78 is 0. The molecule has 0 bridgehead atoms. The molecular weight excluding hydrogens is 246 g/mol. The lowest BCUT2D eigenvalue weighted by atomic mass is 10.1. The van der Waals surface area contributed by atoms with Crippen molar-refractivity contribution >= 4 is 5.82 Å². The Hall–Kier alpha value is -1.90. The van der Waals surface area contributed by atoms with Crippen molar-refractivity contribution in [2.75, 3.05) is 11.9 Å². The van der Waals surface area contributed by atoms with Crippen molar-refractivity contribution in [3.63, 3.8) is 0 Å². The molecule has 3 heteroatoms. The minimum Gasteiger partial charge on any atom is -0.370 e. The minimum absolute atomic E-state index is 0.788. The molecule has 106 valence electrons. The normalized spacial score (nSPS) is 10.6. The van der Waals surface area contributed by atoms with Crippen molar-refractivity contribution < 1.29 is 0 Å². The van der Waals surface area contributed by atoms with Crippen LogP contribution in [0, 0.1) is 13.8 Å². The highest BCUT2D eigenvalue weighted by molar-refractivity contribution is 5.47. The van der Waals surface area contributed by atoms with Crippen molar-refractivity contribution in [3.8, 4) is 0 Å². The standard InChI is InChI=1S/C17H23N3/c1-5-15-13(4)19-16(20-17(15)18-6-2)11-14-10-8-7-9-12(14)3/h7-10H,5-6,11H2,1-4H3,(H,18,19,20). The Morgan fingerprint density at radius 2 is 1.80 bits per heavy atom. The summed E-state index contributed by atoms with van der Waals surface area (Å²) >= 11 is 0. The third-order valence-corrected chi connectivity index (χ3v) is 3.57. The van der Waals surface area contributed by atoms with Crippen LogP contribution in [0.4, 0.5) is 5.82 Å². The first-order valence-corrected chi connectivity index (χ1v) is 7.30. The van der Waals surface area contributed by atoms with Gasteiger partial charge in [-0.15, -0.1) is 0 Å². The molecule has 0 amide bonds. The number of benzene rings is 1. The van der Waals surface area contributed by atoms with Crippen molar-refractivity contribution in [1.82, 2.24) is 9.97 Å². The highest BCUT2D eigenvalue weighted by Gasteiger charge is 2.10. The van der Waals surface area contributed by atoms with E-state index in [0.717, 1.165) is 36.7 Å². The molecule has 2 rings (SSSR count). The molecule has 0 aliphatic rings. The Morgan fingerprint density at radius 3 is 2.45 bits per heavy atom. The quantitative estimate of drug-likeness (QED) is 0.899. The second kappa shape index (κ2) is 6.51. The van der Waals surface area contributed by atoms with Crippen molar-refractivity contribution in [3.05, 3.63) is 52.5 Å². The lowest BCUT2D eigenvalue weighted by Crippen LogP contribution is -2.10. The van der Waals surface area contributed by atoms with E-state index in [4.69, 9.17) is 4.98 Å². The molecule has 0 saturated heterocycles. The van der Waals surface area contributed by atoms with Gasteiger partial charge in [0.1, 0.15) is 11.6 Å². The van der Waals surface area contributed by atoms with Crippen LogP contribution in [0.3, 0.4) is 0 Å². The Labute approximate surface area is 121 Å². The van der Waals surface area contributed by atoms with Crippen LogP contribution in [0.15, 0.2) is 24.3 Å². The molecule has 0 spiro atoms. The fourth-order valence-corrected chi connectivity index (χ4v) is 2.45. The number of aromatic nitrogens is 2. The Bertz CT molecular complexity index is 591. The summed E-state index contributed by atoms with van der Waals surface area (Å²) in [6.07, 6.45) is 1.74. The number of hydrogen-bond donors (Lipinski definition) is 1. The summed E-state index contributed by atoms with van der Waals surface area (Å²) in [7, 11) is 0. The molecule has 0 unspecified atom stereocenters. The van der Waals surface area contributed by atoms with E-state index in [1.165, 1.54) is 16.7 Å². The van der Waals surface area contributed by atoms with Gasteiger partial charge in [-0.25, -0.2) is 9.97 Å². The maximum atomic E-state index is 4.71. The maximum absolute atomic E-state index is 4.71. The van der Waals surface area contributed by atoms with Crippen molar-refractivity contribution in [2.24, 2.45) is 0 Å². The van der Waals surface area contributed by atoms with Gasteiger partial charge in [0.15, 0.2) is 0 Å². The van der Waals surface area contributed by atoms with Gasteiger partial charge in [0.2, 0.25) is 0 Å². The molecule has 0 fully saturated rings. The molecule has 1 heterocycles. The predicted octanol–water partition coefficient (Wildman–Crippen LogP) is 3.68. The van der Waals surface area contributed by atoms with Crippen LogP contribution in [0.5, 0.6) is 0 Å². The van der Waals surface area contributed by atoms with Crippen LogP contribution >= 0.6 is 0 Å². The highest BCUT2D eigenvalue weighted by Crippen LogP contribution is 2.19. The number of rotatable bonds is 5. The van der Waals surface area contributed by atoms with E-state index in [1.54, 1.807) is 0 Å². The number of hydrogen-bond acceptors (Lipinski definition) is 3. The Morgan fingerprint density at radius 1 is 1.05 bits per heavy atom. The summed E-state index contributed by atoms with van der Waals surface area (Å²) in [4.78, 5) is 9.38. The zero-order chi connectivity index (χ0) is 14.5. The average molecular weight is 269 g/mol. The summed E-state index contributed by atoms with van der Waals surface area (Å²) in [6.45, 7) is 9.33. The topological polar surface area (TPSA) is 37.8 Å². The summed E-state index contributed by atoms with van der Waals surface area (Å²) in [6, 6.07) is 8.42. The van der Waals surface area contributed by atoms with E-state index in [-0.39, 0.29) is 0 Å². The van der Waals surface area contributed by atoms with Gasteiger partial charge in [0.05, 0.1) is 0 Å². The molecule has 2 aromatic rings. The van der Waals surface area contributed by atoms with Crippen LogP contribution in [-0.4, -0.2) is 16.5 Å². The first-order chi connectivity index (χ1) is 9.65. The van der Waals surface area contributed by atoms with Gasteiger partial charge in [-0.05, 0) is 38.3 Å². The molecule has 1 aromatic heterocycles. The van der Waals surface area contributed by atoms with Gasteiger partial charge in [0, 0.05) is 24.2 Å². The van der Waals surface area contributed by atoms with Crippen LogP contribution in [0.1, 0.15) is 42.1 Å². The average Bonchev–Trinajstić information content (AvgIpc) is 2.42. The summed E-state index contributed by atoms with van der Waals surface area (Å²) in [5.41, 5.74) is 4.89. The van der Waals surface area contributed by atoms with Crippen molar-refractivity contribution in [1.29, 1.82) is 0 Å². The maximum Gasteiger partial charge on any atom is 0.135 e. The second-order valence-corrected chi connectivity index (χ2v) is 5.04. The first-order valence-electron chi connectivity index (χ1n) is 7.30. The number of aryl methyl sites for hydroxylation is 2. The molecule has 0 aliphatic carbocycles. The molecule has 0 aliphatic heterocycles. The van der Waals surface area contributed by atoms with E-state index in [9.17, 15) is 0 Å². The Kier molecular flexibility index (Phi) is 4.72. The second-order valence-electron chi connectivity index (χ2n) is 5.04. The largest absolute Gasteiger partial charge is 0.370 e. The Balaban J connectivity index is 2.35. The van der Waals surface area contributed by atoms with E-state index in [2.05, 4.69) is 62.3 Å². The first kappa shape index (κ1) is 14.5. The predicted molar refractivity (Wildman–Crippen MR) is 84.3 cm³/mol. The molecule has 0 atom stereocenters. The lowest BCUT2D eigenvalue weighted by molar-refractivity contribution is 0.898. The molecule has 0 saturated carbocycles. The number of nitrogens with one attached hydrogen (secondary N) is 1. The molecule has 1 N–H and O–H groups in total. The van der Waals surface area contributed by atoms with Crippen LogP contribution in [0.25, 0.3) is 0 Å². The minimum atomic E-state index is 0.788. The molecule has 20 heavy (non-hydrogen) atoms. The van der Waals surface area contributed by atoms with E-state index >= 15 is 0 Å². The number of nitrogens with zero attached hydrogens (tertiary/aromatic N) is 2. The monoisotopic (exact) mass is 269 g/mol. The third-order valence-electron chi connectivity index (χ3n) is 3.57. The van der Waals surface area contributed by atoms with Crippen LogP contribution in [0.2, 0.25) is 0 Å². The van der Waals surface area contributed by atoms with E-state index in [0.29, 0.717) is 0 Å². The lowest BCUT2D eigenvalue weighted by Gasteiger charge is -2.13. The smallest absolute Gasteiger partial charge is 0.135 e. The SMILES string of the molecule is CCNc1nc(Cc2ccccc2C)nc(C)c1CC. The zero-order valence-electron chi connectivity index (χ0n) is 12.8. The van der Waals surface area contributed by atoms with Crippen molar-refractivity contribution in [2.45, 2.75) is 40.5 Å². The molecule has 3 nitrogen and oxygen atoms in total. The van der Waals surface area contributed by atoms with E-state index in [1.807, 2.05) is 0 Å².